The first-order chi connectivity index (χ1) is 9.54. The highest BCUT2D eigenvalue weighted by Gasteiger charge is 2.05. The molecule has 0 aliphatic rings. The Bertz CT molecular complexity index is 575. The van der Waals surface area contributed by atoms with Crippen molar-refractivity contribution in [1.82, 2.24) is 0 Å². The lowest BCUT2D eigenvalue weighted by Crippen LogP contribution is -2.03. The molecule has 0 aliphatic heterocycles. The van der Waals surface area contributed by atoms with Crippen LogP contribution < -0.4 is 10.1 Å². The summed E-state index contributed by atoms with van der Waals surface area (Å²) in [6.07, 6.45) is 0. The molecular formula is C14H11ClF3NO. The monoisotopic (exact) mass is 301 g/mol. The standard InChI is InChI=1S/C14H11ClF3NO/c15-10-2-1-9(13(16)7-10)8-19-11-3-5-12(6-4-11)20-14(17)18/h1-7,14,19H,8H2. The zero-order chi connectivity index (χ0) is 14.5. The van der Waals surface area contributed by atoms with Crippen molar-refractivity contribution in [2.75, 3.05) is 5.32 Å². The molecule has 0 amide bonds. The van der Waals surface area contributed by atoms with E-state index in [1.165, 1.54) is 18.2 Å². The molecule has 0 aliphatic carbocycles. The molecule has 106 valence electrons. The van der Waals surface area contributed by atoms with E-state index in [9.17, 15) is 13.2 Å². The molecule has 0 atom stereocenters. The Morgan fingerprint density at radius 1 is 1.10 bits per heavy atom. The Hall–Kier alpha value is -1.88. The molecule has 0 aromatic heterocycles. The van der Waals surface area contributed by atoms with E-state index in [0.717, 1.165) is 0 Å². The molecule has 6 heteroatoms. The number of rotatable bonds is 5. The summed E-state index contributed by atoms with van der Waals surface area (Å²) in [6.45, 7) is -2.59. The second-order valence-corrected chi connectivity index (χ2v) is 4.43. The molecule has 2 aromatic rings. The van der Waals surface area contributed by atoms with E-state index in [4.69, 9.17) is 11.6 Å². The third-order valence-corrected chi connectivity index (χ3v) is 2.81. The Morgan fingerprint density at radius 2 is 1.80 bits per heavy atom. The third kappa shape index (κ3) is 4.06. The maximum absolute atomic E-state index is 13.5. The average molecular weight is 302 g/mol. The summed E-state index contributed by atoms with van der Waals surface area (Å²) >= 11 is 5.66. The summed E-state index contributed by atoms with van der Waals surface area (Å²) in [5, 5.41) is 3.31. The van der Waals surface area contributed by atoms with E-state index in [2.05, 4.69) is 10.1 Å². The molecule has 0 unspecified atom stereocenters. The zero-order valence-corrected chi connectivity index (χ0v) is 11.0. The van der Waals surface area contributed by atoms with Crippen molar-refractivity contribution in [3.05, 3.63) is 58.9 Å². The van der Waals surface area contributed by atoms with Crippen molar-refractivity contribution in [2.45, 2.75) is 13.2 Å². The van der Waals surface area contributed by atoms with Crippen molar-refractivity contribution < 1.29 is 17.9 Å². The van der Waals surface area contributed by atoms with Crippen molar-refractivity contribution in [1.29, 1.82) is 0 Å². The fraction of sp³-hybridized carbons (Fsp3) is 0.143. The minimum Gasteiger partial charge on any atom is -0.435 e. The maximum atomic E-state index is 13.5. The highest BCUT2D eigenvalue weighted by molar-refractivity contribution is 6.30. The van der Waals surface area contributed by atoms with Gasteiger partial charge in [0.1, 0.15) is 11.6 Å². The number of benzene rings is 2. The summed E-state index contributed by atoms with van der Waals surface area (Å²) in [4.78, 5) is 0. The van der Waals surface area contributed by atoms with Crippen molar-refractivity contribution in [2.24, 2.45) is 0 Å². The number of nitrogens with one attached hydrogen (secondary N) is 1. The first kappa shape index (κ1) is 14.5. The van der Waals surface area contributed by atoms with Gasteiger partial charge in [-0.05, 0) is 36.4 Å². The van der Waals surface area contributed by atoms with Crippen LogP contribution in [0.4, 0.5) is 18.9 Å². The van der Waals surface area contributed by atoms with E-state index in [1.807, 2.05) is 0 Å². The second kappa shape index (κ2) is 6.52. The van der Waals surface area contributed by atoms with E-state index >= 15 is 0 Å². The lowest BCUT2D eigenvalue weighted by molar-refractivity contribution is -0.0498. The van der Waals surface area contributed by atoms with Crippen LogP contribution in [0.1, 0.15) is 5.56 Å². The van der Waals surface area contributed by atoms with Gasteiger partial charge in [0.15, 0.2) is 0 Å². The maximum Gasteiger partial charge on any atom is 0.387 e. The van der Waals surface area contributed by atoms with E-state index in [1.54, 1.807) is 24.3 Å². The molecule has 2 aromatic carbocycles. The van der Waals surface area contributed by atoms with E-state index < -0.39 is 12.4 Å². The van der Waals surface area contributed by atoms with Crippen LogP contribution in [0.3, 0.4) is 0 Å². The van der Waals surface area contributed by atoms with Crippen molar-refractivity contribution in [3.8, 4) is 5.75 Å². The van der Waals surface area contributed by atoms with Gasteiger partial charge in [0.25, 0.3) is 0 Å². The van der Waals surface area contributed by atoms with Crippen LogP contribution in [-0.2, 0) is 6.54 Å². The van der Waals surface area contributed by atoms with Crippen LogP contribution >= 0.6 is 11.6 Å². The zero-order valence-electron chi connectivity index (χ0n) is 10.2. The summed E-state index contributed by atoms with van der Waals surface area (Å²) in [6, 6.07) is 10.4. The summed E-state index contributed by atoms with van der Waals surface area (Å²) < 4.78 is 41.7. The van der Waals surface area contributed by atoms with Gasteiger partial charge >= 0.3 is 6.61 Å². The summed E-state index contributed by atoms with van der Waals surface area (Å²) in [5.41, 5.74) is 1.13. The van der Waals surface area contributed by atoms with Gasteiger partial charge in [0, 0.05) is 22.8 Å². The number of anilines is 1. The molecule has 20 heavy (non-hydrogen) atoms. The topological polar surface area (TPSA) is 21.3 Å². The van der Waals surface area contributed by atoms with E-state index in [0.29, 0.717) is 16.3 Å². The number of ether oxygens (including phenoxy) is 1. The van der Waals surface area contributed by atoms with Gasteiger partial charge in [-0.15, -0.1) is 0 Å². The first-order valence-electron chi connectivity index (χ1n) is 5.77. The van der Waals surface area contributed by atoms with Gasteiger partial charge in [-0.2, -0.15) is 8.78 Å². The minimum absolute atomic E-state index is 0.0724. The Kier molecular flexibility index (Phi) is 4.74. The molecule has 0 saturated carbocycles. The predicted molar refractivity (Wildman–Crippen MR) is 71.8 cm³/mol. The largest absolute Gasteiger partial charge is 0.435 e. The van der Waals surface area contributed by atoms with Gasteiger partial charge in [-0.1, -0.05) is 17.7 Å². The molecular weight excluding hydrogens is 291 g/mol. The molecule has 2 nitrogen and oxygen atoms in total. The third-order valence-electron chi connectivity index (χ3n) is 2.58. The van der Waals surface area contributed by atoms with Gasteiger partial charge in [-0.3, -0.25) is 0 Å². The molecule has 0 radical (unpaired) electrons. The van der Waals surface area contributed by atoms with Crippen LogP contribution in [0.15, 0.2) is 42.5 Å². The molecule has 1 N–H and O–H groups in total. The fourth-order valence-electron chi connectivity index (χ4n) is 1.62. The van der Waals surface area contributed by atoms with Gasteiger partial charge < -0.3 is 10.1 Å². The lowest BCUT2D eigenvalue weighted by atomic mass is 10.2. The Balaban J connectivity index is 1.96. The number of halogens is 4. The van der Waals surface area contributed by atoms with Crippen LogP contribution in [0, 0.1) is 5.82 Å². The Morgan fingerprint density at radius 3 is 2.40 bits per heavy atom. The molecule has 0 bridgehead atoms. The molecule has 2 rings (SSSR count). The highest BCUT2D eigenvalue weighted by Crippen LogP contribution is 2.19. The van der Waals surface area contributed by atoms with Crippen LogP contribution in [-0.4, -0.2) is 6.61 Å². The number of hydrogen-bond acceptors (Lipinski definition) is 2. The van der Waals surface area contributed by atoms with E-state index in [-0.39, 0.29) is 12.3 Å². The average Bonchev–Trinajstić information content (AvgIpc) is 2.39. The Labute approximate surface area is 119 Å². The molecule has 0 heterocycles. The second-order valence-electron chi connectivity index (χ2n) is 3.99. The van der Waals surface area contributed by atoms with Crippen LogP contribution in [0.25, 0.3) is 0 Å². The number of alkyl halides is 2. The SMILES string of the molecule is Fc1cc(Cl)ccc1CNc1ccc(OC(F)F)cc1. The number of hydrogen-bond donors (Lipinski definition) is 1. The lowest BCUT2D eigenvalue weighted by Gasteiger charge is -2.09. The van der Waals surface area contributed by atoms with Gasteiger partial charge in [0.05, 0.1) is 0 Å². The molecule has 0 fully saturated rings. The molecule has 0 spiro atoms. The summed E-state index contributed by atoms with van der Waals surface area (Å²) in [5.74, 6) is -0.328. The van der Waals surface area contributed by atoms with Gasteiger partial charge in [0.2, 0.25) is 0 Å². The van der Waals surface area contributed by atoms with Gasteiger partial charge in [-0.25, -0.2) is 4.39 Å². The fourth-order valence-corrected chi connectivity index (χ4v) is 1.78. The summed E-state index contributed by atoms with van der Waals surface area (Å²) in [7, 11) is 0. The van der Waals surface area contributed by atoms with Crippen molar-refractivity contribution >= 4 is 17.3 Å². The van der Waals surface area contributed by atoms with Crippen LogP contribution in [0.5, 0.6) is 5.75 Å². The highest BCUT2D eigenvalue weighted by atomic mass is 35.5. The minimum atomic E-state index is -2.85. The van der Waals surface area contributed by atoms with Crippen molar-refractivity contribution in [3.63, 3.8) is 0 Å². The van der Waals surface area contributed by atoms with Crippen LogP contribution in [0.2, 0.25) is 5.02 Å². The molecule has 0 saturated heterocycles. The predicted octanol–water partition coefficient (Wildman–Crippen LogP) is 4.69. The quantitative estimate of drug-likeness (QED) is 0.865. The normalized spacial score (nSPS) is 10.7. The first-order valence-corrected chi connectivity index (χ1v) is 6.15. The smallest absolute Gasteiger partial charge is 0.387 e.